The van der Waals surface area contributed by atoms with Gasteiger partial charge in [-0.15, -0.1) is 11.3 Å². The average molecular weight is 456 g/mol. The van der Waals surface area contributed by atoms with Crippen molar-refractivity contribution in [2.45, 2.75) is 0 Å². The Balaban J connectivity index is 1.40. The zero-order chi connectivity index (χ0) is 22.8. The minimum absolute atomic E-state index is 0.00110. The largest absolute Gasteiger partial charge is 0.478 e. The maximum atomic E-state index is 12.7. The molecule has 3 aromatic carbocycles. The number of aromatic nitrogens is 1. The van der Waals surface area contributed by atoms with Crippen molar-refractivity contribution >= 4 is 40.0 Å². The number of carbonyl (C=O) groups excluding carboxylic acids is 1. The molecule has 5 rings (SSSR count). The molecule has 0 atom stereocenters. The van der Waals surface area contributed by atoms with Gasteiger partial charge in [-0.3, -0.25) is 4.79 Å². The van der Waals surface area contributed by atoms with Crippen LogP contribution in [0.5, 0.6) is 11.5 Å². The van der Waals surface area contributed by atoms with E-state index in [0.29, 0.717) is 33.0 Å². The smallest absolute Gasteiger partial charge is 0.339 e. The Kier molecular flexibility index (Phi) is 5.34. The lowest BCUT2D eigenvalue weighted by atomic mass is 10.1. The Bertz CT molecular complexity index is 1420. The second kappa shape index (κ2) is 8.60. The number of carboxylic acid groups (broad SMARTS) is 1. The molecule has 0 radical (unpaired) electrons. The predicted octanol–water partition coefficient (Wildman–Crippen LogP) is 6.30. The van der Waals surface area contributed by atoms with Crippen molar-refractivity contribution in [1.29, 1.82) is 0 Å². The van der Waals surface area contributed by atoms with Gasteiger partial charge in [0.1, 0.15) is 22.6 Å². The minimum atomic E-state index is -1.15. The van der Waals surface area contributed by atoms with Gasteiger partial charge < -0.3 is 19.6 Å². The predicted molar refractivity (Wildman–Crippen MR) is 125 cm³/mol. The summed E-state index contributed by atoms with van der Waals surface area (Å²) in [5.74, 6) is -0.573. The first-order valence-corrected chi connectivity index (χ1v) is 10.8. The van der Waals surface area contributed by atoms with Crippen LogP contribution in [-0.2, 0) is 0 Å². The summed E-state index contributed by atoms with van der Waals surface area (Å²) in [5, 5.41) is 14.0. The number of hydrogen-bond donors (Lipinski definition) is 2. The van der Waals surface area contributed by atoms with E-state index in [0.717, 1.165) is 0 Å². The Morgan fingerprint density at radius 1 is 0.909 bits per heavy atom. The standard InChI is InChI=1S/C25H16N2O5S/c28-23(24-27-18-8-4-5-9-20(18)32-24)26-19-14-33-22(21(19)25(29)30)15-10-12-17(13-11-15)31-16-6-2-1-3-7-16/h1-14H,(H,26,28)(H,29,30). The Hall–Kier alpha value is -4.43. The van der Waals surface area contributed by atoms with Crippen LogP contribution >= 0.6 is 11.3 Å². The van der Waals surface area contributed by atoms with Crippen LogP contribution < -0.4 is 10.1 Å². The summed E-state index contributed by atoms with van der Waals surface area (Å²) in [7, 11) is 0. The number of ether oxygens (including phenoxy) is 1. The number of carbonyl (C=O) groups is 2. The number of nitrogens with zero attached hydrogens (tertiary/aromatic N) is 1. The molecule has 0 saturated heterocycles. The Labute approximate surface area is 191 Å². The highest BCUT2D eigenvalue weighted by molar-refractivity contribution is 7.14. The fourth-order valence-corrected chi connectivity index (χ4v) is 4.32. The molecule has 2 N–H and O–H groups in total. The summed E-state index contributed by atoms with van der Waals surface area (Å²) in [4.78, 5) is 29.4. The fourth-order valence-electron chi connectivity index (χ4n) is 3.32. The van der Waals surface area contributed by atoms with Crippen molar-refractivity contribution in [3.63, 3.8) is 0 Å². The molecule has 0 aliphatic rings. The lowest BCUT2D eigenvalue weighted by Crippen LogP contribution is -2.14. The van der Waals surface area contributed by atoms with Gasteiger partial charge in [0.05, 0.1) is 10.6 Å². The second-order valence-electron chi connectivity index (χ2n) is 7.04. The summed E-state index contributed by atoms with van der Waals surface area (Å²) in [6, 6.07) is 23.5. The quantitative estimate of drug-likeness (QED) is 0.311. The molecule has 0 spiro atoms. The van der Waals surface area contributed by atoms with Gasteiger partial charge in [0.2, 0.25) is 0 Å². The third kappa shape index (κ3) is 4.19. The Morgan fingerprint density at radius 3 is 2.33 bits per heavy atom. The molecular weight excluding hydrogens is 440 g/mol. The number of anilines is 1. The molecule has 2 aromatic heterocycles. The number of carboxylic acids is 1. The molecule has 0 aliphatic heterocycles. The third-order valence-electron chi connectivity index (χ3n) is 4.84. The highest BCUT2D eigenvalue weighted by Crippen LogP contribution is 2.37. The Morgan fingerprint density at radius 2 is 1.61 bits per heavy atom. The molecule has 33 heavy (non-hydrogen) atoms. The molecule has 7 nitrogen and oxygen atoms in total. The molecule has 0 saturated carbocycles. The van der Waals surface area contributed by atoms with E-state index in [4.69, 9.17) is 9.15 Å². The number of thiophene rings is 1. The third-order valence-corrected chi connectivity index (χ3v) is 5.87. The van der Waals surface area contributed by atoms with Crippen molar-refractivity contribution in [1.82, 2.24) is 4.98 Å². The summed E-state index contributed by atoms with van der Waals surface area (Å²) < 4.78 is 11.3. The van der Waals surface area contributed by atoms with E-state index < -0.39 is 11.9 Å². The van der Waals surface area contributed by atoms with E-state index in [2.05, 4.69) is 10.3 Å². The first kappa shape index (κ1) is 20.5. The molecular formula is C25H16N2O5S. The van der Waals surface area contributed by atoms with Crippen LogP contribution in [0.4, 0.5) is 5.69 Å². The van der Waals surface area contributed by atoms with Crippen LogP contribution in [0, 0.1) is 0 Å². The van der Waals surface area contributed by atoms with E-state index >= 15 is 0 Å². The summed E-state index contributed by atoms with van der Waals surface area (Å²) in [5.41, 5.74) is 1.90. The maximum absolute atomic E-state index is 12.7. The van der Waals surface area contributed by atoms with Crippen LogP contribution in [0.1, 0.15) is 21.0 Å². The van der Waals surface area contributed by atoms with E-state index in [-0.39, 0.29) is 17.1 Å². The lowest BCUT2D eigenvalue weighted by Gasteiger charge is -2.07. The van der Waals surface area contributed by atoms with Crippen LogP contribution in [0.15, 0.2) is 88.7 Å². The lowest BCUT2D eigenvalue weighted by molar-refractivity contribution is 0.0699. The van der Waals surface area contributed by atoms with Gasteiger partial charge in [-0.1, -0.05) is 30.3 Å². The number of fused-ring (bicyclic) bond motifs is 1. The fraction of sp³-hybridized carbons (Fsp3) is 0. The highest BCUT2D eigenvalue weighted by Gasteiger charge is 2.23. The number of aromatic carboxylic acids is 1. The molecule has 0 bridgehead atoms. The van der Waals surface area contributed by atoms with Gasteiger partial charge in [0.25, 0.3) is 5.89 Å². The highest BCUT2D eigenvalue weighted by atomic mass is 32.1. The number of para-hydroxylation sites is 3. The second-order valence-corrected chi connectivity index (χ2v) is 7.92. The molecule has 2 heterocycles. The van der Waals surface area contributed by atoms with Gasteiger partial charge in [-0.05, 0) is 54.1 Å². The van der Waals surface area contributed by atoms with E-state index in [9.17, 15) is 14.7 Å². The van der Waals surface area contributed by atoms with Gasteiger partial charge >= 0.3 is 11.9 Å². The van der Waals surface area contributed by atoms with Crippen LogP contribution in [-0.4, -0.2) is 22.0 Å². The summed E-state index contributed by atoms with van der Waals surface area (Å²) in [6.07, 6.45) is 0. The van der Waals surface area contributed by atoms with Crippen LogP contribution in [0.2, 0.25) is 0 Å². The number of oxazole rings is 1. The van der Waals surface area contributed by atoms with Crippen LogP contribution in [0.3, 0.4) is 0 Å². The van der Waals surface area contributed by atoms with Crippen molar-refractivity contribution in [3.05, 3.63) is 95.7 Å². The molecule has 0 unspecified atom stereocenters. The van der Waals surface area contributed by atoms with Crippen molar-refractivity contribution in [2.24, 2.45) is 0 Å². The van der Waals surface area contributed by atoms with E-state index in [1.807, 2.05) is 30.3 Å². The van der Waals surface area contributed by atoms with Gasteiger partial charge in [0.15, 0.2) is 5.58 Å². The first-order chi connectivity index (χ1) is 16.1. The first-order valence-electron chi connectivity index (χ1n) is 9.93. The number of nitrogens with one attached hydrogen (secondary N) is 1. The number of hydrogen-bond acceptors (Lipinski definition) is 6. The minimum Gasteiger partial charge on any atom is -0.478 e. The molecule has 1 amide bonds. The maximum Gasteiger partial charge on any atom is 0.339 e. The van der Waals surface area contributed by atoms with E-state index in [1.165, 1.54) is 11.3 Å². The molecule has 8 heteroatoms. The van der Waals surface area contributed by atoms with E-state index in [1.54, 1.807) is 53.9 Å². The average Bonchev–Trinajstić information content (AvgIpc) is 3.45. The van der Waals surface area contributed by atoms with Gasteiger partial charge in [-0.2, -0.15) is 0 Å². The molecule has 162 valence electrons. The SMILES string of the molecule is O=C(Nc1csc(-c2ccc(Oc3ccccc3)cc2)c1C(=O)O)c1nc2ccccc2o1. The monoisotopic (exact) mass is 456 g/mol. The van der Waals surface area contributed by atoms with Gasteiger partial charge in [0, 0.05) is 5.38 Å². The number of amides is 1. The van der Waals surface area contributed by atoms with Crippen molar-refractivity contribution < 1.29 is 23.8 Å². The van der Waals surface area contributed by atoms with Crippen molar-refractivity contribution in [2.75, 3.05) is 5.32 Å². The topological polar surface area (TPSA) is 102 Å². The summed E-state index contributed by atoms with van der Waals surface area (Å²) >= 11 is 1.22. The van der Waals surface area contributed by atoms with Gasteiger partial charge in [-0.25, -0.2) is 9.78 Å². The molecule has 0 aliphatic carbocycles. The number of benzene rings is 3. The number of rotatable bonds is 6. The van der Waals surface area contributed by atoms with Crippen molar-refractivity contribution in [3.8, 4) is 21.9 Å². The zero-order valence-electron chi connectivity index (χ0n) is 17.0. The summed E-state index contributed by atoms with van der Waals surface area (Å²) in [6.45, 7) is 0. The molecule has 0 fully saturated rings. The van der Waals surface area contributed by atoms with Crippen LogP contribution in [0.25, 0.3) is 21.5 Å². The zero-order valence-corrected chi connectivity index (χ0v) is 17.8. The molecule has 5 aromatic rings. The normalized spacial score (nSPS) is 10.8.